The van der Waals surface area contributed by atoms with Gasteiger partial charge in [0.2, 0.25) is 0 Å². The second-order valence-corrected chi connectivity index (χ2v) is 11.7. The molecule has 14 bridgehead atoms. The Morgan fingerprint density at radius 2 is 1.38 bits per heavy atom. The van der Waals surface area contributed by atoms with Crippen molar-refractivity contribution in [1.29, 1.82) is 0 Å². The highest BCUT2D eigenvalue weighted by atomic mass is 16.1. The molecule has 0 aromatic heterocycles. The van der Waals surface area contributed by atoms with Crippen LogP contribution in [0, 0.1) is 81.8 Å². The van der Waals surface area contributed by atoms with Crippen molar-refractivity contribution in [3.05, 3.63) is 0 Å². The van der Waals surface area contributed by atoms with Gasteiger partial charge in [0.05, 0.1) is 0 Å². The number of ketones is 2. The lowest BCUT2D eigenvalue weighted by molar-refractivity contribution is -0.400. The Morgan fingerprint density at radius 3 is 2.21 bits per heavy atom. The predicted octanol–water partition coefficient (Wildman–Crippen LogP) is 2.95. The first-order valence-electron chi connectivity index (χ1n) is 10.7. The predicted molar refractivity (Wildman–Crippen MR) is 84.5 cm³/mol. The topological polar surface area (TPSA) is 34.1 Å². The third kappa shape index (κ3) is 0.752. The molecule has 0 amide bonds. The molecule has 13 aliphatic rings. The minimum atomic E-state index is 0.0916. The van der Waals surface area contributed by atoms with Crippen LogP contribution in [0.15, 0.2) is 0 Å². The molecular weight excluding hydrogens is 296 g/mol. The van der Waals surface area contributed by atoms with Gasteiger partial charge in [0.1, 0.15) is 11.6 Å². The molecular formula is C22H24O2. The van der Waals surface area contributed by atoms with E-state index in [-0.39, 0.29) is 5.41 Å². The van der Waals surface area contributed by atoms with Crippen LogP contribution in [-0.2, 0) is 9.59 Å². The molecule has 0 aliphatic heterocycles. The molecule has 0 N–H and O–H groups in total. The van der Waals surface area contributed by atoms with E-state index in [0.29, 0.717) is 46.7 Å². The van der Waals surface area contributed by atoms with Gasteiger partial charge in [-0.3, -0.25) is 9.59 Å². The van der Waals surface area contributed by atoms with Crippen molar-refractivity contribution in [2.24, 2.45) is 81.8 Å². The lowest BCUT2D eigenvalue weighted by Crippen LogP contribution is -2.88. The molecule has 14 atom stereocenters. The van der Waals surface area contributed by atoms with E-state index in [1.54, 1.807) is 0 Å². The first-order valence-corrected chi connectivity index (χ1v) is 10.7. The number of carbonyl (C=O) groups is 2. The quantitative estimate of drug-likeness (QED) is 0.688. The SMILES string of the molecule is O=C1C2CC3C4CC56C(=O)C7CC8C9CC(C2)(C3C85)C(C14)C6C9C7. The molecule has 24 heavy (non-hydrogen) atoms. The van der Waals surface area contributed by atoms with Gasteiger partial charge in [-0.2, -0.15) is 0 Å². The van der Waals surface area contributed by atoms with Gasteiger partial charge in [0.25, 0.3) is 0 Å². The van der Waals surface area contributed by atoms with Crippen LogP contribution in [0.5, 0.6) is 0 Å². The highest BCUT2D eigenvalue weighted by Crippen LogP contribution is 2.91. The first-order chi connectivity index (χ1) is 11.7. The summed E-state index contributed by atoms with van der Waals surface area (Å²) in [5.41, 5.74) is 0.623. The average Bonchev–Trinajstić information content (AvgIpc) is 2.58. The largest absolute Gasteiger partial charge is 0.299 e. The number of Topliss-reactive ketones (excluding diaryl/α,β-unsaturated/α-hetero) is 2. The average molecular weight is 320 g/mol. The van der Waals surface area contributed by atoms with E-state index in [0.717, 1.165) is 47.7 Å². The Labute approximate surface area is 142 Å². The van der Waals surface area contributed by atoms with Crippen LogP contribution < -0.4 is 0 Å². The maximum absolute atomic E-state index is 13.6. The first kappa shape index (κ1) is 11.9. The zero-order valence-corrected chi connectivity index (χ0v) is 14.0. The number of carbonyl (C=O) groups excluding carboxylic acids is 2. The molecule has 13 saturated carbocycles. The molecule has 14 unspecified atom stereocenters. The normalized spacial score (nSPS) is 79.2. The standard InChI is InChI=1S/C22H24O2/c23-19-8-3-11-13-6-22-16-9-1-7(20(22)24)2-10-12(9)5-21(4-8,15(11)16)18(14(13)19)17(10)22/h7-18H,1-6H2. The Bertz CT molecular complexity index is 798. The maximum Gasteiger partial charge on any atom is 0.142 e. The smallest absolute Gasteiger partial charge is 0.142 e. The molecule has 2 nitrogen and oxygen atoms in total. The molecule has 0 saturated heterocycles. The minimum absolute atomic E-state index is 0.0916. The molecule has 13 fully saturated rings. The van der Waals surface area contributed by atoms with Crippen molar-refractivity contribution < 1.29 is 9.59 Å². The van der Waals surface area contributed by atoms with Crippen LogP contribution >= 0.6 is 0 Å². The lowest BCUT2D eigenvalue weighted by atomic mass is 9.13. The van der Waals surface area contributed by atoms with Crippen molar-refractivity contribution in [2.75, 3.05) is 0 Å². The summed E-state index contributed by atoms with van der Waals surface area (Å²) in [6.45, 7) is 0. The second-order valence-electron chi connectivity index (χ2n) is 11.7. The summed E-state index contributed by atoms with van der Waals surface area (Å²) >= 11 is 0. The number of rotatable bonds is 0. The van der Waals surface area contributed by atoms with Gasteiger partial charge < -0.3 is 0 Å². The molecule has 0 aromatic carbocycles. The molecule has 13 aliphatic carbocycles. The zero-order chi connectivity index (χ0) is 15.3. The Balaban J connectivity index is 1.43. The molecule has 2 heteroatoms. The molecule has 0 aromatic rings. The van der Waals surface area contributed by atoms with Crippen LogP contribution in [0.1, 0.15) is 38.5 Å². The van der Waals surface area contributed by atoms with Gasteiger partial charge in [-0.1, -0.05) is 0 Å². The fourth-order valence-corrected chi connectivity index (χ4v) is 12.8. The van der Waals surface area contributed by atoms with E-state index in [9.17, 15) is 9.59 Å². The second kappa shape index (κ2) is 2.89. The molecule has 124 valence electrons. The van der Waals surface area contributed by atoms with Crippen molar-refractivity contribution in [1.82, 2.24) is 0 Å². The summed E-state index contributed by atoms with van der Waals surface area (Å²) in [4.78, 5) is 26.9. The number of hydrogen-bond acceptors (Lipinski definition) is 2. The highest BCUT2D eigenvalue weighted by Gasteiger charge is 2.89. The van der Waals surface area contributed by atoms with E-state index in [1.807, 2.05) is 0 Å². The van der Waals surface area contributed by atoms with E-state index in [4.69, 9.17) is 0 Å². The molecule has 0 heterocycles. The third-order valence-electron chi connectivity index (χ3n) is 12.2. The van der Waals surface area contributed by atoms with Gasteiger partial charge in [-0.05, 0) is 97.2 Å². The highest BCUT2D eigenvalue weighted by molar-refractivity contribution is 5.93. The van der Waals surface area contributed by atoms with Crippen LogP contribution in [0.4, 0.5) is 0 Å². The summed E-state index contributed by atoms with van der Waals surface area (Å²) in [5.74, 6) is 9.77. The Morgan fingerprint density at radius 1 is 0.667 bits per heavy atom. The summed E-state index contributed by atoms with van der Waals surface area (Å²) in [7, 11) is 0. The molecule has 13 rings (SSSR count). The van der Waals surface area contributed by atoms with E-state index in [2.05, 4.69) is 0 Å². The summed E-state index contributed by atoms with van der Waals surface area (Å²) < 4.78 is 0. The van der Waals surface area contributed by atoms with Gasteiger partial charge in [0.15, 0.2) is 0 Å². The van der Waals surface area contributed by atoms with E-state index >= 15 is 0 Å². The molecule has 2 spiro atoms. The Hall–Kier alpha value is -0.660. The zero-order valence-electron chi connectivity index (χ0n) is 14.0. The maximum atomic E-state index is 13.6. The van der Waals surface area contributed by atoms with Gasteiger partial charge >= 0.3 is 0 Å². The fourth-order valence-electron chi connectivity index (χ4n) is 12.8. The summed E-state index contributed by atoms with van der Waals surface area (Å²) in [5, 5.41) is 0. The Kier molecular flexibility index (Phi) is 1.43. The van der Waals surface area contributed by atoms with E-state index < -0.39 is 0 Å². The number of hydrogen-bond donors (Lipinski definition) is 0. The van der Waals surface area contributed by atoms with Crippen LogP contribution in [0.2, 0.25) is 0 Å². The fraction of sp³-hybridized carbons (Fsp3) is 0.909. The van der Waals surface area contributed by atoms with E-state index in [1.165, 1.54) is 32.1 Å². The molecule has 0 radical (unpaired) electrons. The summed E-state index contributed by atoms with van der Waals surface area (Å²) in [6, 6.07) is 0. The monoisotopic (exact) mass is 320 g/mol. The summed E-state index contributed by atoms with van der Waals surface area (Å²) in [6.07, 6.45) is 7.58. The van der Waals surface area contributed by atoms with Crippen molar-refractivity contribution in [3.63, 3.8) is 0 Å². The lowest BCUT2D eigenvalue weighted by Gasteiger charge is -2.90. The van der Waals surface area contributed by atoms with Crippen LogP contribution in [0.3, 0.4) is 0 Å². The minimum Gasteiger partial charge on any atom is -0.299 e. The third-order valence-corrected chi connectivity index (χ3v) is 12.2. The van der Waals surface area contributed by atoms with Crippen molar-refractivity contribution in [2.45, 2.75) is 38.5 Å². The van der Waals surface area contributed by atoms with Crippen LogP contribution in [0.25, 0.3) is 0 Å². The van der Waals surface area contributed by atoms with Gasteiger partial charge in [-0.25, -0.2) is 0 Å². The van der Waals surface area contributed by atoms with Gasteiger partial charge in [0, 0.05) is 23.2 Å². The van der Waals surface area contributed by atoms with Gasteiger partial charge in [-0.15, -0.1) is 0 Å². The van der Waals surface area contributed by atoms with Crippen molar-refractivity contribution in [3.8, 4) is 0 Å². The van der Waals surface area contributed by atoms with Crippen LogP contribution in [-0.4, -0.2) is 11.6 Å². The van der Waals surface area contributed by atoms with Crippen molar-refractivity contribution >= 4 is 11.6 Å².